The van der Waals surface area contributed by atoms with E-state index < -0.39 is 0 Å². The monoisotopic (exact) mass is 311 g/mol. The number of benzene rings is 1. The fraction of sp³-hybridized carbons (Fsp3) is 0.429. The number of hydrogen-bond donors (Lipinski definition) is 0. The van der Waals surface area contributed by atoms with E-state index in [0.29, 0.717) is 16.6 Å². The summed E-state index contributed by atoms with van der Waals surface area (Å²) in [5.74, 6) is 0.824. The van der Waals surface area contributed by atoms with Crippen LogP contribution >= 0.6 is 23.1 Å². The maximum atomic E-state index is 5.92. The second-order valence-corrected chi connectivity index (χ2v) is 6.19. The summed E-state index contributed by atoms with van der Waals surface area (Å²) in [4.78, 5) is 2.20. The fourth-order valence-corrected chi connectivity index (χ4v) is 2.39. The highest BCUT2D eigenvalue weighted by Gasteiger charge is 2.06. The van der Waals surface area contributed by atoms with E-state index in [0.717, 1.165) is 25.1 Å². The van der Waals surface area contributed by atoms with E-state index in [1.807, 2.05) is 12.1 Å². The lowest BCUT2D eigenvalue weighted by molar-refractivity contribution is 0.301. The molecule has 0 N–H and O–H groups in total. The van der Waals surface area contributed by atoms with Gasteiger partial charge in [0.1, 0.15) is 22.4 Å². The SMILES string of the molecule is CN(C)CCCc1ccc(OCc2nnsc2Cl)cc1. The van der Waals surface area contributed by atoms with Crippen LogP contribution in [0.15, 0.2) is 24.3 Å². The summed E-state index contributed by atoms with van der Waals surface area (Å²) in [5, 5.41) is 3.91. The second-order valence-electron chi connectivity index (χ2n) is 4.83. The molecule has 0 spiro atoms. The van der Waals surface area contributed by atoms with Gasteiger partial charge in [-0.2, -0.15) is 0 Å². The molecule has 0 aliphatic heterocycles. The summed E-state index contributed by atoms with van der Waals surface area (Å²) in [6.07, 6.45) is 2.24. The molecular formula is C14H18ClN3OS. The Labute approximate surface area is 128 Å². The molecule has 2 rings (SSSR count). The molecule has 0 atom stereocenters. The van der Waals surface area contributed by atoms with Crippen LogP contribution in [0.25, 0.3) is 0 Å². The maximum Gasteiger partial charge on any atom is 0.141 e. The van der Waals surface area contributed by atoms with E-state index in [9.17, 15) is 0 Å². The Morgan fingerprint density at radius 2 is 2.00 bits per heavy atom. The van der Waals surface area contributed by atoms with Crippen LogP contribution in [0.2, 0.25) is 4.34 Å². The predicted molar refractivity (Wildman–Crippen MR) is 82.6 cm³/mol. The van der Waals surface area contributed by atoms with E-state index in [-0.39, 0.29) is 0 Å². The zero-order chi connectivity index (χ0) is 14.4. The Bertz CT molecular complexity index is 527. The molecule has 0 aliphatic rings. The standard InChI is InChI=1S/C14H18ClN3OS/c1-18(2)9-3-4-11-5-7-12(8-6-11)19-10-13-14(15)20-17-16-13/h5-8H,3-4,9-10H2,1-2H3. The van der Waals surface area contributed by atoms with Gasteiger partial charge in [0.15, 0.2) is 0 Å². The van der Waals surface area contributed by atoms with Crippen molar-refractivity contribution in [2.45, 2.75) is 19.4 Å². The number of ether oxygens (including phenoxy) is 1. The second kappa shape index (κ2) is 7.57. The van der Waals surface area contributed by atoms with Gasteiger partial charge in [0, 0.05) is 11.5 Å². The Kier molecular flexibility index (Phi) is 5.76. The number of nitrogens with zero attached hydrogens (tertiary/aromatic N) is 3. The van der Waals surface area contributed by atoms with Crippen molar-refractivity contribution in [2.24, 2.45) is 0 Å². The molecule has 0 saturated heterocycles. The normalized spacial score (nSPS) is 11.0. The molecule has 1 aromatic carbocycles. The lowest BCUT2D eigenvalue weighted by Gasteiger charge is -2.09. The van der Waals surface area contributed by atoms with E-state index in [1.54, 1.807) is 0 Å². The summed E-state index contributed by atoms with van der Waals surface area (Å²) in [6, 6.07) is 8.18. The molecule has 6 heteroatoms. The van der Waals surface area contributed by atoms with Gasteiger partial charge >= 0.3 is 0 Å². The van der Waals surface area contributed by atoms with Gasteiger partial charge in [-0.05, 0) is 51.2 Å². The van der Waals surface area contributed by atoms with Crippen molar-refractivity contribution in [3.05, 3.63) is 39.9 Å². The Balaban J connectivity index is 1.81. The smallest absolute Gasteiger partial charge is 0.141 e. The van der Waals surface area contributed by atoms with Crippen molar-refractivity contribution >= 4 is 23.1 Å². The number of aromatic nitrogens is 2. The molecule has 0 saturated carbocycles. The molecule has 2 aromatic rings. The minimum atomic E-state index is 0.356. The number of rotatable bonds is 7. The van der Waals surface area contributed by atoms with Gasteiger partial charge in [-0.25, -0.2) is 0 Å². The predicted octanol–water partition coefficient (Wildman–Crippen LogP) is 3.26. The summed E-state index contributed by atoms with van der Waals surface area (Å²) < 4.78 is 10.0. The van der Waals surface area contributed by atoms with Gasteiger partial charge in [0.2, 0.25) is 0 Å². The summed E-state index contributed by atoms with van der Waals surface area (Å²) in [6.45, 7) is 1.46. The molecule has 1 heterocycles. The van der Waals surface area contributed by atoms with Crippen LogP contribution in [-0.4, -0.2) is 35.1 Å². The number of halogens is 1. The first-order valence-electron chi connectivity index (χ1n) is 6.48. The summed E-state index contributed by atoms with van der Waals surface area (Å²) in [7, 11) is 4.19. The Morgan fingerprint density at radius 3 is 2.60 bits per heavy atom. The van der Waals surface area contributed by atoms with Gasteiger partial charge in [0.05, 0.1) is 0 Å². The van der Waals surface area contributed by atoms with Crippen LogP contribution in [0.1, 0.15) is 17.7 Å². The Hall–Kier alpha value is -1.17. The third kappa shape index (κ3) is 4.74. The highest BCUT2D eigenvalue weighted by molar-refractivity contribution is 7.10. The molecule has 0 unspecified atom stereocenters. The molecular weight excluding hydrogens is 294 g/mol. The van der Waals surface area contributed by atoms with E-state index >= 15 is 0 Å². The quantitative estimate of drug-likeness (QED) is 0.786. The van der Waals surface area contributed by atoms with Crippen LogP contribution in [0, 0.1) is 0 Å². The van der Waals surface area contributed by atoms with Gasteiger partial charge in [-0.3, -0.25) is 0 Å². The van der Waals surface area contributed by atoms with Crippen molar-refractivity contribution in [3.8, 4) is 5.75 Å². The highest BCUT2D eigenvalue weighted by Crippen LogP contribution is 2.20. The minimum absolute atomic E-state index is 0.356. The van der Waals surface area contributed by atoms with Gasteiger partial charge in [0.25, 0.3) is 0 Å². The van der Waals surface area contributed by atoms with Crippen LogP contribution in [0.4, 0.5) is 0 Å². The minimum Gasteiger partial charge on any atom is -0.487 e. The maximum absolute atomic E-state index is 5.92. The topological polar surface area (TPSA) is 38.2 Å². The van der Waals surface area contributed by atoms with E-state index in [4.69, 9.17) is 16.3 Å². The molecule has 0 radical (unpaired) electrons. The highest BCUT2D eigenvalue weighted by atomic mass is 35.5. The van der Waals surface area contributed by atoms with Crippen molar-refractivity contribution in [1.29, 1.82) is 0 Å². The first kappa shape index (κ1) is 15.2. The van der Waals surface area contributed by atoms with Crippen molar-refractivity contribution in [2.75, 3.05) is 20.6 Å². The van der Waals surface area contributed by atoms with Crippen molar-refractivity contribution in [1.82, 2.24) is 14.5 Å². The van der Waals surface area contributed by atoms with Crippen LogP contribution < -0.4 is 4.74 Å². The zero-order valence-corrected chi connectivity index (χ0v) is 13.2. The van der Waals surface area contributed by atoms with Gasteiger partial charge in [-0.15, -0.1) is 5.10 Å². The van der Waals surface area contributed by atoms with Gasteiger partial charge < -0.3 is 9.64 Å². The summed E-state index contributed by atoms with van der Waals surface area (Å²) in [5.41, 5.74) is 2.01. The number of aryl methyl sites for hydroxylation is 1. The van der Waals surface area contributed by atoms with Crippen LogP contribution in [0.3, 0.4) is 0 Å². The van der Waals surface area contributed by atoms with E-state index in [1.165, 1.54) is 17.1 Å². The number of hydrogen-bond acceptors (Lipinski definition) is 5. The largest absolute Gasteiger partial charge is 0.487 e. The fourth-order valence-electron chi connectivity index (χ4n) is 1.79. The average molecular weight is 312 g/mol. The molecule has 0 fully saturated rings. The third-order valence-electron chi connectivity index (χ3n) is 2.88. The van der Waals surface area contributed by atoms with Crippen LogP contribution in [-0.2, 0) is 13.0 Å². The summed E-state index contributed by atoms with van der Waals surface area (Å²) >= 11 is 7.10. The molecule has 20 heavy (non-hydrogen) atoms. The van der Waals surface area contributed by atoms with Gasteiger partial charge in [-0.1, -0.05) is 28.2 Å². The van der Waals surface area contributed by atoms with Crippen LogP contribution in [0.5, 0.6) is 5.75 Å². The van der Waals surface area contributed by atoms with Crippen molar-refractivity contribution in [3.63, 3.8) is 0 Å². The van der Waals surface area contributed by atoms with E-state index in [2.05, 4.69) is 40.7 Å². The molecule has 108 valence electrons. The lowest BCUT2D eigenvalue weighted by atomic mass is 10.1. The first-order valence-corrected chi connectivity index (χ1v) is 7.63. The molecule has 0 amide bonds. The molecule has 0 bridgehead atoms. The molecule has 4 nitrogen and oxygen atoms in total. The van der Waals surface area contributed by atoms with Crippen molar-refractivity contribution < 1.29 is 4.74 Å². The molecule has 0 aliphatic carbocycles. The average Bonchev–Trinajstić information content (AvgIpc) is 2.83. The first-order chi connectivity index (χ1) is 9.65. The zero-order valence-electron chi connectivity index (χ0n) is 11.7. The third-order valence-corrected chi connectivity index (χ3v) is 3.86. The Morgan fingerprint density at radius 1 is 1.25 bits per heavy atom. The lowest BCUT2D eigenvalue weighted by Crippen LogP contribution is -2.13. The molecule has 1 aromatic heterocycles.